The van der Waals surface area contributed by atoms with Gasteiger partial charge in [-0.15, -0.1) is 0 Å². The van der Waals surface area contributed by atoms with Gasteiger partial charge in [0.1, 0.15) is 0 Å². The quantitative estimate of drug-likeness (QED) is 0.877. The van der Waals surface area contributed by atoms with Crippen molar-refractivity contribution in [2.24, 2.45) is 5.41 Å². The van der Waals surface area contributed by atoms with Crippen molar-refractivity contribution in [3.05, 3.63) is 35.4 Å². The van der Waals surface area contributed by atoms with Gasteiger partial charge in [0, 0.05) is 0 Å². The van der Waals surface area contributed by atoms with Gasteiger partial charge in [0.15, 0.2) is 0 Å². The van der Waals surface area contributed by atoms with E-state index in [0.29, 0.717) is 0 Å². The first-order chi connectivity index (χ1) is 9.72. The van der Waals surface area contributed by atoms with E-state index in [-0.39, 0.29) is 0 Å². The SMILES string of the molecule is CCc1ccc(C(O)C2(C#N)CCCCCCC2)cc1. The normalized spacial score (nSPS) is 20.4. The van der Waals surface area contributed by atoms with Crippen LogP contribution in [0, 0.1) is 16.7 Å². The molecule has 0 amide bonds. The van der Waals surface area contributed by atoms with E-state index in [4.69, 9.17) is 0 Å². The molecule has 0 heterocycles. The van der Waals surface area contributed by atoms with Gasteiger partial charge in [0.05, 0.1) is 17.6 Å². The highest BCUT2D eigenvalue weighted by molar-refractivity contribution is 5.27. The molecular formula is C18H25NO. The van der Waals surface area contributed by atoms with Crippen molar-refractivity contribution in [1.29, 1.82) is 5.26 Å². The van der Waals surface area contributed by atoms with E-state index in [1.807, 2.05) is 12.1 Å². The Bertz CT molecular complexity index is 449. The fraction of sp³-hybridized carbons (Fsp3) is 0.611. The molecular weight excluding hydrogens is 246 g/mol. The van der Waals surface area contributed by atoms with Gasteiger partial charge in [-0.3, -0.25) is 0 Å². The molecule has 0 aromatic heterocycles. The second-order valence-electron chi connectivity index (χ2n) is 6.03. The molecule has 108 valence electrons. The molecule has 1 N–H and O–H groups in total. The lowest BCUT2D eigenvalue weighted by Gasteiger charge is -2.33. The van der Waals surface area contributed by atoms with Gasteiger partial charge in [0.25, 0.3) is 0 Å². The van der Waals surface area contributed by atoms with Crippen LogP contribution in [0.1, 0.15) is 69.1 Å². The molecule has 0 saturated heterocycles. The second kappa shape index (κ2) is 6.90. The van der Waals surface area contributed by atoms with Crippen molar-refractivity contribution in [1.82, 2.24) is 0 Å². The van der Waals surface area contributed by atoms with Crippen LogP contribution in [0.5, 0.6) is 0 Å². The Morgan fingerprint density at radius 3 is 2.15 bits per heavy atom. The first kappa shape index (κ1) is 15.1. The van der Waals surface area contributed by atoms with Crippen LogP contribution in [-0.2, 0) is 6.42 Å². The highest BCUT2D eigenvalue weighted by Crippen LogP contribution is 2.43. The monoisotopic (exact) mass is 271 g/mol. The molecule has 1 unspecified atom stereocenters. The molecule has 2 rings (SSSR count). The minimum absolute atomic E-state index is 0.589. The van der Waals surface area contributed by atoms with E-state index < -0.39 is 11.5 Å². The van der Waals surface area contributed by atoms with Gasteiger partial charge in [-0.05, 0) is 30.4 Å². The molecule has 0 spiro atoms. The van der Waals surface area contributed by atoms with Gasteiger partial charge in [-0.2, -0.15) is 5.26 Å². The van der Waals surface area contributed by atoms with Crippen LogP contribution in [0.15, 0.2) is 24.3 Å². The molecule has 1 atom stereocenters. The predicted molar refractivity (Wildman–Crippen MR) is 81.1 cm³/mol. The summed E-state index contributed by atoms with van der Waals surface area (Å²) in [5.41, 5.74) is 1.57. The molecule has 1 aliphatic rings. The van der Waals surface area contributed by atoms with E-state index >= 15 is 0 Å². The van der Waals surface area contributed by atoms with Crippen molar-refractivity contribution in [3.63, 3.8) is 0 Å². The fourth-order valence-corrected chi connectivity index (χ4v) is 3.24. The van der Waals surface area contributed by atoms with Crippen LogP contribution in [0.25, 0.3) is 0 Å². The van der Waals surface area contributed by atoms with Crippen LogP contribution < -0.4 is 0 Å². The summed E-state index contributed by atoms with van der Waals surface area (Å²) >= 11 is 0. The number of nitriles is 1. The molecule has 0 bridgehead atoms. The molecule has 1 saturated carbocycles. The highest BCUT2D eigenvalue weighted by Gasteiger charge is 2.38. The Morgan fingerprint density at radius 2 is 1.65 bits per heavy atom. The molecule has 1 aliphatic carbocycles. The Morgan fingerprint density at radius 1 is 1.10 bits per heavy atom. The summed E-state index contributed by atoms with van der Waals surface area (Å²) in [4.78, 5) is 0. The Hall–Kier alpha value is -1.33. The van der Waals surface area contributed by atoms with Gasteiger partial charge >= 0.3 is 0 Å². The maximum absolute atomic E-state index is 10.8. The predicted octanol–water partition coefficient (Wildman–Crippen LogP) is 4.54. The van der Waals surface area contributed by atoms with E-state index in [9.17, 15) is 10.4 Å². The third-order valence-electron chi connectivity index (χ3n) is 4.70. The number of hydrogen-bond acceptors (Lipinski definition) is 2. The van der Waals surface area contributed by atoms with E-state index in [1.165, 1.54) is 24.8 Å². The smallest absolute Gasteiger partial charge is 0.0976 e. The Labute approximate surface area is 122 Å². The highest BCUT2D eigenvalue weighted by atomic mass is 16.3. The first-order valence-electron chi connectivity index (χ1n) is 7.90. The van der Waals surface area contributed by atoms with Crippen LogP contribution >= 0.6 is 0 Å². The summed E-state index contributed by atoms with van der Waals surface area (Å²) in [6.07, 6.45) is 7.73. The van der Waals surface area contributed by atoms with E-state index in [2.05, 4.69) is 25.1 Å². The molecule has 2 nitrogen and oxygen atoms in total. The zero-order valence-corrected chi connectivity index (χ0v) is 12.4. The van der Waals surface area contributed by atoms with Gasteiger partial charge in [-0.1, -0.05) is 63.3 Å². The van der Waals surface area contributed by atoms with Gasteiger partial charge in [0.2, 0.25) is 0 Å². The van der Waals surface area contributed by atoms with E-state index in [1.54, 1.807) is 0 Å². The minimum atomic E-state index is -0.656. The molecule has 0 aliphatic heterocycles. The molecule has 2 heteroatoms. The lowest BCUT2D eigenvalue weighted by Crippen LogP contribution is -2.28. The lowest BCUT2D eigenvalue weighted by molar-refractivity contribution is 0.0434. The second-order valence-corrected chi connectivity index (χ2v) is 6.03. The van der Waals surface area contributed by atoms with Crippen molar-refractivity contribution < 1.29 is 5.11 Å². The minimum Gasteiger partial charge on any atom is -0.387 e. The molecule has 1 aromatic carbocycles. The van der Waals surface area contributed by atoms with Crippen molar-refractivity contribution in [2.75, 3.05) is 0 Å². The first-order valence-corrected chi connectivity index (χ1v) is 7.90. The summed E-state index contributed by atoms with van der Waals surface area (Å²) in [5, 5.41) is 20.4. The maximum Gasteiger partial charge on any atom is 0.0976 e. The van der Waals surface area contributed by atoms with Crippen LogP contribution in [0.4, 0.5) is 0 Å². The lowest BCUT2D eigenvalue weighted by atomic mass is 9.71. The topological polar surface area (TPSA) is 44.0 Å². The molecule has 1 fully saturated rings. The summed E-state index contributed by atoms with van der Waals surface area (Å²) in [6, 6.07) is 10.6. The zero-order valence-electron chi connectivity index (χ0n) is 12.4. The Kier molecular flexibility index (Phi) is 5.20. The number of nitrogens with zero attached hydrogens (tertiary/aromatic N) is 1. The van der Waals surface area contributed by atoms with Crippen LogP contribution in [0.3, 0.4) is 0 Å². The number of benzene rings is 1. The maximum atomic E-state index is 10.8. The largest absolute Gasteiger partial charge is 0.387 e. The summed E-state index contributed by atoms with van der Waals surface area (Å²) < 4.78 is 0. The molecule has 20 heavy (non-hydrogen) atoms. The number of rotatable bonds is 3. The molecule has 1 aromatic rings. The van der Waals surface area contributed by atoms with Gasteiger partial charge in [-0.25, -0.2) is 0 Å². The third kappa shape index (κ3) is 3.22. The number of aliphatic hydroxyl groups excluding tert-OH is 1. The van der Waals surface area contributed by atoms with E-state index in [0.717, 1.165) is 37.7 Å². The van der Waals surface area contributed by atoms with Crippen molar-refractivity contribution in [2.45, 2.75) is 64.4 Å². The average Bonchev–Trinajstić information content (AvgIpc) is 2.47. The summed E-state index contributed by atoms with van der Waals surface area (Å²) in [5.74, 6) is 0. The summed E-state index contributed by atoms with van der Waals surface area (Å²) in [6.45, 7) is 2.12. The number of aliphatic hydroxyl groups is 1. The zero-order chi connectivity index (χ0) is 14.4. The standard InChI is InChI=1S/C18H25NO/c1-2-15-8-10-16(11-9-15)17(20)18(14-19)12-6-4-3-5-7-13-18/h8-11,17,20H,2-7,12-13H2,1H3. The summed E-state index contributed by atoms with van der Waals surface area (Å²) in [7, 11) is 0. The van der Waals surface area contributed by atoms with Crippen molar-refractivity contribution >= 4 is 0 Å². The van der Waals surface area contributed by atoms with Crippen molar-refractivity contribution in [3.8, 4) is 6.07 Å². The number of hydrogen-bond donors (Lipinski definition) is 1. The third-order valence-corrected chi connectivity index (χ3v) is 4.70. The molecule has 0 radical (unpaired) electrons. The number of aryl methyl sites for hydroxylation is 1. The van der Waals surface area contributed by atoms with Crippen LogP contribution in [0.2, 0.25) is 0 Å². The fourth-order valence-electron chi connectivity index (χ4n) is 3.24. The van der Waals surface area contributed by atoms with Gasteiger partial charge < -0.3 is 5.11 Å². The van der Waals surface area contributed by atoms with Crippen LogP contribution in [-0.4, -0.2) is 5.11 Å². The Balaban J connectivity index is 2.21. The average molecular weight is 271 g/mol.